The van der Waals surface area contributed by atoms with Crippen molar-refractivity contribution in [3.8, 4) is 16.2 Å². The predicted molar refractivity (Wildman–Crippen MR) is 89.6 cm³/mol. The van der Waals surface area contributed by atoms with Gasteiger partial charge in [0.05, 0.1) is 4.88 Å². The van der Waals surface area contributed by atoms with E-state index in [1.165, 1.54) is 24.3 Å². The lowest BCUT2D eigenvalue weighted by Crippen LogP contribution is -2.46. The summed E-state index contributed by atoms with van der Waals surface area (Å²) in [6.07, 6.45) is 4.03. The topological polar surface area (TPSA) is 65.5 Å². The number of piperidine rings is 1. The van der Waals surface area contributed by atoms with Crippen LogP contribution in [-0.4, -0.2) is 46.6 Å². The number of thiazole rings is 1. The smallest absolute Gasteiger partial charge is 0.280 e. The van der Waals surface area contributed by atoms with E-state index < -0.39 is 0 Å². The van der Waals surface area contributed by atoms with E-state index in [1.54, 1.807) is 24.4 Å². The van der Waals surface area contributed by atoms with Gasteiger partial charge in [-0.2, -0.15) is 0 Å². The third kappa shape index (κ3) is 3.09. The third-order valence-corrected chi connectivity index (χ3v) is 5.68. The van der Waals surface area contributed by atoms with Gasteiger partial charge in [0.15, 0.2) is 5.01 Å². The maximum absolute atomic E-state index is 12.4. The first-order valence-electron chi connectivity index (χ1n) is 7.96. The van der Waals surface area contributed by atoms with Crippen LogP contribution in [0.3, 0.4) is 0 Å². The van der Waals surface area contributed by atoms with E-state index in [0.29, 0.717) is 5.01 Å². The molecule has 5 nitrogen and oxygen atoms in total. The molecule has 0 saturated carbocycles. The second-order valence-corrected chi connectivity index (χ2v) is 7.43. The summed E-state index contributed by atoms with van der Waals surface area (Å²) in [6.45, 7) is 3.30. The molecule has 4 rings (SSSR count). The van der Waals surface area contributed by atoms with Crippen LogP contribution >= 0.6 is 11.3 Å². The largest absolute Gasteiger partial charge is 0.508 e. The van der Waals surface area contributed by atoms with Gasteiger partial charge in [-0.05, 0) is 43.0 Å². The summed E-state index contributed by atoms with van der Waals surface area (Å²) in [5.74, 6) is 0.857. The van der Waals surface area contributed by atoms with Gasteiger partial charge >= 0.3 is 0 Å². The van der Waals surface area contributed by atoms with E-state index in [9.17, 15) is 9.90 Å². The second kappa shape index (κ2) is 5.94. The molecule has 1 amide bonds. The molecule has 1 aromatic heterocycles. The van der Waals surface area contributed by atoms with Crippen molar-refractivity contribution in [3.63, 3.8) is 0 Å². The molecule has 0 spiro atoms. The van der Waals surface area contributed by atoms with E-state index in [-0.39, 0.29) is 17.7 Å². The summed E-state index contributed by atoms with van der Waals surface area (Å²) in [5.41, 5.74) is 0.878. The van der Waals surface area contributed by atoms with Gasteiger partial charge in [0, 0.05) is 25.3 Å². The predicted octanol–water partition coefficient (Wildman–Crippen LogP) is 2.34. The Kier molecular flexibility index (Phi) is 3.79. The lowest BCUT2D eigenvalue weighted by molar-refractivity contribution is 0.0909. The Hall–Kier alpha value is -1.92. The number of benzene rings is 1. The van der Waals surface area contributed by atoms with E-state index in [1.807, 2.05) is 6.07 Å². The molecule has 2 aliphatic rings. The first-order valence-corrected chi connectivity index (χ1v) is 8.77. The van der Waals surface area contributed by atoms with Crippen LogP contribution in [0.5, 0.6) is 5.75 Å². The minimum Gasteiger partial charge on any atom is -0.508 e. The van der Waals surface area contributed by atoms with Gasteiger partial charge in [-0.1, -0.05) is 12.1 Å². The van der Waals surface area contributed by atoms with Gasteiger partial charge < -0.3 is 15.3 Å². The van der Waals surface area contributed by atoms with E-state index >= 15 is 0 Å². The number of carbonyl (C=O) groups is 1. The molecule has 23 heavy (non-hydrogen) atoms. The molecular formula is C17H19N3O2S. The van der Waals surface area contributed by atoms with Crippen LogP contribution in [0.25, 0.3) is 10.4 Å². The standard InChI is InChI=1S/C17H19N3O2S/c21-14-3-1-2-12(7-14)15-8-18-17(23-15)16(22)19-13-6-11-4-5-20(9-11)10-13/h1-3,7-8,11,13,21H,4-6,9-10H2,(H,19,22). The minimum atomic E-state index is -0.0890. The van der Waals surface area contributed by atoms with Crippen molar-refractivity contribution in [1.29, 1.82) is 0 Å². The number of hydrogen-bond donors (Lipinski definition) is 2. The van der Waals surface area contributed by atoms with Gasteiger partial charge in [0.2, 0.25) is 0 Å². The zero-order valence-electron chi connectivity index (χ0n) is 12.7. The first-order chi connectivity index (χ1) is 11.2. The van der Waals surface area contributed by atoms with E-state index in [2.05, 4.69) is 15.2 Å². The maximum Gasteiger partial charge on any atom is 0.280 e. The number of hydrogen-bond acceptors (Lipinski definition) is 5. The summed E-state index contributed by atoms with van der Waals surface area (Å²) >= 11 is 1.36. The molecule has 0 radical (unpaired) electrons. The quantitative estimate of drug-likeness (QED) is 0.907. The summed E-state index contributed by atoms with van der Waals surface area (Å²) in [5, 5.41) is 13.2. The van der Waals surface area contributed by atoms with Crippen LogP contribution in [0.1, 0.15) is 22.6 Å². The molecule has 3 atom stereocenters. The molecule has 2 fully saturated rings. The Morgan fingerprint density at radius 2 is 2.30 bits per heavy atom. The van der Waals surface area contributed by atoms with Gasteiger partial charge in [-0.15, -0.1) is 11.3 Å². The molecule has 2 bridgehead atoms. The van der Waals surface area contributed by atoms with Gasteiger partial charge in [0.25, 0.3) is 5.91 Å². The number of aromatic hydroxyl groups is 1. The number of phenols is 1. The summed E-state index contributed by atoms with van der Waals surface area (Å²) in [4.78, 5) is 20.0. The number of nitrogens with zero attached hydrogens (tertiary/aromatic N) is 2. The van der Waals surface area contributed by atoms with Crippen molar-refractivity contribution in [1.82, 2.24) is 15.2 Å². The molecule has 3 unspecified atom stereocenters. The van der Waals surface area contributed by atoms with E-state index in [4.69, 9.17) is 0 Å². The van der Waals surface area contributed by atoms with Crippen LogP contribution in [0.2, 0.25) is 0 Å². The molecule has 0 aliphatic carbocycles. The molecule has 2 aliphatic heterocycles. The van der Waals surface area contributed by atoms with Crippen molar-refractivity contribution in [2.24, 2.45) is 5.92 Å². The molecule has 2 saturated heterocycles. The van der Waals surface area contributed by atoms with Crippen LogP contribution in [0.15, 0.2) is 30.5 Å². The number of rotatable bonds is 3. The lowest BCUT2D eigenvalue weighted by atomic mass is 9.97. The highest BCUT2D eigenvalue weighted by atomic mass is 32.1. The number of phenolic OH excluding ortho intramolecular Hbond substituents is 1. The average Bonchev–Trinajstić information content (AvgIpc) is 3.14. The SMILES string of the molecule is O=C(NC1CC2CCN(C2)C1)c1ncc(-c2cccc(O)c2)s1. The van der Waals surface area contributed by atoms with Crippen LogP contribution in [0, 0.1) is 5.92 Å². The fraction of sp³-hybridized carbons (Fsp3) is 0.412. The average molecular weight is 329 g/mol. The first kappa shape index (κ1) is 14.7. The van der Waals surface area contributed by atoms with Crippen molar-refractivity contribution >= 4 is 17.2 Å². The third-order valence-electron chi connectivity index (χ3n) is 4.63. The number of fused-ring (bicyclic) bond motifs is 2. The van der Waals surface area contributed by atoms with Gasteiger partial charge in [0.1, 0.15) is 5.75 Å². The minimum absolute atomic E-state index is 0.0890. The van der Waals surface area contributed by atoms with Crippen LogP contribution in [-0.2, 0) is 0 Å². The normalized spacial score (nSPS) is 26.2. The summed E-state index contributed by atoms with van der Waals surface area (Å²) in [6, 6.07) is 7.24. The van der Waals surface area contributed by atoms with Crippen molar-refractivity contribution in [3.05, 3.63) is 35.5 Å². The highest BCUT2D eigenvalue weighted by Gasteiger charge is 2.33. The van der Waals surface area contributed by atoms with Crippen LogP contribution in [0.4, 0.5) is 0 Å². The zero-order valence-corrected chi connectivity index (χ0v) is 13.6. The highest BCUT2D eigenvalue weighted by Crippen LogP contribution is 2.29. The Morgan fingerprint density at radius 3 is 3.13 bits per heavy atom. The second-order valence-electron chi connectivity index (χ2n) is 6.40. The molecule has 6 heteroatoms. The van der Waals surface area contributed by atoms with Gasteiger partial charge in [-0.3, -0.25) is 4.79 Å². The molecule has 1 aromatic carbocycles. The molecule has 3 heterocycles. The summed E-state index contributed by atoms with van der Waals surface area (Å²) in [7, 11) is 0. The monoisotopic (exact) mass is 329 g/mol. The maximum atomic E-state index is 12.4. The Balaban J connectivity index is 1.45. The number of aromatic nitrogens is 1. The number of nitrogens with one attached hydrogen (secondary N) is 1. The highest BCUT2D eigenvalue weighted by molar-refractivity contribution is 7.16. The number of amides is 1. The molecule has 2 aromatic rings. The Labute approximate surface area is 139 Å². The van der Waals surface area contributed by atoms with Crippen molar-refractivity contribution in [2.45, 2.75) is 18.9 Å². The fourth-order valence-electron chi connectivity index (χ4n) is 3.58. The number of carbonyl (C=O) groups excluding carboxylic acids is 1. The van der Waals surface area contributed by atoms with Crippen molar-refractivity contribution in [2.75, 3.05) is 19.6 Å². The zero-order chi connectivity index (χ0) is 15.8. The van der Waals surface area contributed by atoms with Crippen LogP contribution < -0.4 is 5.32 Å². The fourth-order valence-corrected chi connectivity index (χ4v) is 4.40. The molecule has 2 N–H and O–H groups in total. The van der Waals surface area contributed by atoms with E-state index in [0.717, 1.165) is 35.9 Å². The Bertz CT molecular complexity index is 718. The Morgan fingerprint density at radius 1 is 1.39 bits per heavy atom. The van der Waals surface area contributed by atoms with Gasteiger partial charge in [-0.25, -0.2) is 4.98 Å². The molecule has 120 valence electrons. The molecular weight excluding hydrogens is 310 g/mol. The lowest BCUT2D eigenvalue weighted by Gasteiger charge is -2.30. The van der Waals surface area contributed by atoms with Crippen molar-refractivity contribution < 1.29 is 9.90 Å². The summed E-state index contributed by atoms with van der Waals surface area (Å²) < 4.78 is 0.